The van der Waals surface area contributed by atoms with Crippen molar-refractivity contribution in [3.05, 3.63) is 0 Å². The quantitative estimate of drug-likeness (QED) is 0.714. The lowest BCUT2D eigenvalue weighted by Gasteiger charge is -2.36. The summed E-state index contributed by atoms with van der Waals surface area (Å²) in [5, 5.41) is 0. The first-order chi connectivity index (χ1) is 7.56. The smallest absolute Gasteiger partial charge is 0.239 e. The van der Waals surface area contributed by atoms with E-state index in [9.17, 15) is 4.79 Å². The average Bonchev–Trinajstić information content (AvgIpc) is 2.28. The molecule has 16 heavy (non-hydrogen) atoms. The SMILES string of the molecule is COC[C@H]1CCCN([C@@H](C)C(=O)N(C)C)C1. The Kier molecular flexibility index (Phi) is 5.22. The molecule has 0 aliphatic carbocycles. The van der Waals surface area contributed by atoms with E-state index in [1.165, 1.54) is 12.8 Å². The van der Waals surface area contributed by atoms with Crippen LogP contribution < -0.4 is 0 Å². The molecule has 4 heteroatoms. The van der Waals surface area contributed by atoms with E-state index in [1.807, 2.05) is 21.0 Å². The van der Waals surface area contributed by atoms with Crippen molar-refractivity contribution >= 4 is 5.91 Å². The molecule has 1 heterocycles. The molecule has 0 aromatic rings. The van der Waals surface area contributed by atoms with Gasteiger partial charge in [-0.2, -0.15) is 0 Å². The third-order valence-corrected chi connectivity index (χ3v) is 3.30. The number of amides is 1. The van der Waals surface area contributed by atoms with Crippen LogP contribution in [0.1, 0.15) is 19.8 Å². The Bertz CT molecular complexity index is 229. The average molecular weight is 228 g/mol. The second-order valence-electron chi connectivity index (χ2n) is 4.87. The number of carbonyl (C=O) groups excluding carboxylic acids is 1. The van der Waals surface area contributed by atoms with Crippen molar-refractivity contribution < 1.29 is 9.53 Å². The highest BCUT2D eigenvalue weighted by Gasteiger charge is 2.27. The van der Waals surface area contributed by atoms with E-state index in [0.29, 0.717) is 5.92 Å². The fraction of sp³-hybridized carbons (Fsp3) is 0.917. The van der Waals surface area contributed by atoms with Crippen LogP contribution in [0.25, 0.3) is 0 Å². The van der Waals surface area contributed by atoms with Crippen LogP contribution in [-0.2, 0) is 9.53 Å². The van der Waals surface area contributed by atoms with Gasteiger partial charge < -0.3 is 9.64 Å². The van der Waals surface area contributed by atoms with Crippen LogP contribution in [0.5, 0.6) is 0 Å². The lowest BCUT2D eigenvalue weighted by molar-refractivity contribution is -0.134. The van der Waals surface area contributed by atoms with Crippen LogP contribution >= 0.6 is 0 Å². The maximum Gasteiger partial charge on any atom is 0.239 e. The van der Waals surface area contributed by atoms with Crippen LogP contribution in [0.3, 0.4) is 0 Å². The summed E-state index contributed by atoms with van der Waals surface area (Å²) < 4.78 is 5.20. The van der Waals surface area contributed by atoms with E-state index < -0.39 is 0 Å². The van der Waals surface area contributed by atoms with Crippen LogP contribution in [-0.4, -0.2) is 62.7 Å². The Morgan fingerprint density at radius 3 is 2.81 bits per heavy atom. The summed E-state index contributed by atoms with van der Waals surface area (Å²) in [6.45, 7) is 4.81. The van der Waals surface area contributed by atoms with Gasteiger partial charge in [-0.25, -0.2) is 0 Å². The molecular formula is C12H24N2O2. The maximum atomic E-state index is 11.9. The second-order valence-corrected chi connectivity index (χ2v) is 4.87. The van der Waals surface area contributed by atoms with Crippen molar-refractivity contribution in [2.75, 3.05) is 40.9 Å². The number of hydrogen-bond acceptors (Lipinski definition) is 3. The van der Waals surface area contributed by atoms with Crippen molar-refractivity contribution in [1.29, 1.82) is 0 Å². The molecule has 0 saturated carbocycles. The van der Waals surface area contributed by atoms with Crippen molar-refractivity contribution in [1.82, 2.24) is 9.80 Å². The summed E-state index contributed by atoms with van der Waals surface area (Å²) in [4.78, 5) is 15.8. The molecule has 1 aliphatic heterocycles. The summed E-state index contributed by atoms with van der Waals surface area (Å²) >= 11 is 0. The van der Waals surface area contributed by atoms with Crippen LogP contribution in [0.15, 0.2) is 0 Å². The maximum absolute atomic E-state index is 11.9. The highest BCUT2D eigenvalue weighted by molar-refractivity contribution is 5.80. The molecule has 0 spiro atoms. The Hall–Kier alpha value is -0.610. The zero-order valence-corrected chi connectivity index (χ0v) is 10.9. The lowest BCUT2D eigenvalue weighted by Crippen LogP contribution is -2.49. The standard InChI is InChI=1S/C12H24N2O2/c1-10(12(15)13(2)3)14-7-5-6-11(8-14)9-16-4/h10-11H,5-9H2,1-4H3/t10-,11-/m0/s1. The normalized spacial score (nSPS) is 24.1. The molecule has 1 amide bonds. The molecule has 0 aromatic heterocycles. The van der Waals surface area contributed by atoms with Crippen molar-refractivity contribution in [2.45, 2.75) is 25.8 Å². The van der Waals surface area contributed by atoms with Crippen molar-refractivity contribution in [2.24, 2.45) is 5.92 Å². The number of likely N-dealkylation sites (tertiary alicyclic amines) is 1. The number of carbonyl (C=O) groups is 1. The molecule has 1 rings (SSSR count). The molecule has 1 fully saturated rings. The van der Waals surface area contributed by atoms with Gasteiger partial charge in [0.25, 0.3) is 0 Å². The molecule has 1 saturated heterocycles. The molecule has 4 nitrogen and oxygen atoms in total. The van der Waals surface area contributed by atoms with Gasteiger partial charge in [-0.05, 0) is 32.2 Å². The lowest BCUT2D eigenvalue weighted by atomic mass is 9.97. The number of nitrogens with zero attached hydrogens (tertiary/aromatic N) is 2. The Balaban J connectivity index is 2.49. The fourth-order valence-electron chi connectivity index (χ4n) is 2.35. The molecule has 0 bridgehead atoms. The summed E-state index contributed by atoms with van der Waals surface area (Å²) in [6.07, 6.45) is 2.38. The highest BCUT2D eigenvalue weighted by Crippen LogP contribution is 2.19. The minimum absolute atomic E-state index is 0.00495. The van der Waals surface area contributed by atoms with Crippen molar-refractivity contribution in [3.63, 3.8) is 0 Å². The Morgan fingerprint density at radius 1 is 1.56 bits per heavy atom. The van der Waals surface area contributed by atoms with Gasteiger partial charge in [-0.15, -0.1) is 0 Å². The van der Waals surface area contributed by atoms with Gasteiger partial charge in [0, 0.05) is 27.7 Å². The summed E-state index contributed by atoms with van der Waals surface area (Å²) in [6, 6.07) is -0.00495. The minimum atomic E-state index is -0.00495. The van der Waals surface area contributed by atoms with E-state index >= 15 is 0 Å². The van der Waals surface area contributed by atoms with Gasteiger partial charge in [0.1, 0.15) is 0 Å². The predicted molar refractivity (Wildman–Crippen MR) is 64.3 cm³/mol. The molecule has 0 N–H and O–H groups in total. The van der Waals surface area contributed by atoms with Gasteiger partial charge in [0.2, 0.25) is 5.91 Å². The topological polar surface area (TPSA) is 32.8 Å². The van der Waals surface area contributed by atoms with E-state index in [2.05, 4.69) is 4.90 Å². The monoisotopic (exact) mass is 228 g/mol. The molecule has 1 aliphatic rings. The number of hydrogen-bond donors (Lipinski definition) is 0. The molecule has 0 aromatic carbocycles. The van der Waals surface area contributed by atoms with Crippen LogP contribution in [0.2, 0.25) is 0 Å². The number of ether oxygens (including phenoxy) is 1. The van der Waals surface area contributed by atoms with Crippen LogP contribution in [0.4, 0.5) is 0 Å². The van der Waals surface area contributed by atoms with Gasteiger partial charge in [-0.3, -0.25) is 9.69 Å². The van der Waals surface area contributed by atoms with Crippen molar-refractivity contribution in [3.8, 4) is 0 Å². The minimum Gasteiger partial charge on any atom is -0.384 e. The van der Waals surface area contributed by atoms with Gasteiger partial charge >= 0.3 is 0 Å². The molecular weight excluding hydrogens is 204 g/mol. The van der Waals surface area contributed by atoms with Gasteiger partial charge in [0.05, 0.1) is 12.6 Å². The van der Waals surface area contributed by atoms with E-state index in [1.54, 1.807) is 12.0 Å². The Labute approximate surface area is 98.5 Å². The van der Waals surface area contributed by atoms with Gasteiger partial charge in [-0.1, -0.05) is 0 Å². The summed E-state index contributed by atoms with van der Waals surface area (Å²) in [7, 11) is 5.37. The van der Waals surface area contributed by atoms with Gasteiger partial charge in [0.15, 0.2) is 0 Å². The third-order valence-electron chi connectivity index (χ3n) is 3.30. The number of piperidine rings is 1. The summed E-state index contributed by atoms with van der Waals surface area (Å²) in [5.41, 5.74) is 0. The second kappa shape index (κ2) is 6.21. The number of methoxy groups -OCH3 is 1. The molecule has 94 valence electrons. The van der Waals surface area contributed by atoms with E-state index in [0.717, 1.165) is 19.7 Å². The zero-order chi connectivity index (χ0) is 12.1. The molecule has 0 radical (unpaired) electrons. The predicted octanol–water partition coefficient (Wildman–Crippen LogP) is 0.822. The summed E-state index contributed by atoms with van der Waals surface area (Å²) in [5.74, 6) is 0.772. The fourth-order valence-corrected chi connectivity index (χ4v) is 2.35. The third kappa shape index (κ3) is 3.46. The number of likely N-dealkylation sites (N-methyl/N-ethyl adjacent to an activating group) is 1. The first-order valence-electron chi connectivity index (χ1n) is 6.00. The van der Waals surface area contributed by atoms with E-state index in [4.69, 9.17) is 4.74 Å². The van der Waals surface area contributed by atoms with Crippen LogP contribution in [0, 0.1) is 5.92 Å². The van der Waals surface area contributed by atoms with E-state index in [-0.39, 0.29) is 11.9 Å². The number of rotatable bonds is 4. The largest absolute Gasteiger partial charge is 0.384 e. The zero-order valence-electron chi connectivity index (χ0n) is 10.9. The molecule has 0 unspecified atom stereocenters. The molecule has 2 atom stereocenters. The highest BCUT2D eigenvalue weighted by atomic mass is 16.5. The Morgan fingerprint density at radius 2 is 2.25 bits per heavy atom. The first-order valence-corrected chi connectivity index (χ1v) is 6.00. The first kappa shape index (κ1) is 13.5.